The van der Waals surface area contributed by atoms with Gasteiger partial charge in [-0.25, -0.2) is 0 Å². The van der Waals surface area contributed by atoms with Crippen LogP contribution in [0.4, 0.5) is 0 Å². The minimum absolute atomic E-state index is 0.504. The van der Waals surface area contributed by atoms with E-state index in [1.165, 1.54) is 5.57 Å². The maximum atomic E-state index is 9.58. The first-order chi connectivity index (χ1) is 7.50. The van der Waals surface area contributed by atoms with Crippen molar-refractivity contribution < 1.29 is 9.84 Å². The summed E-state index contributed by atoms with van der Waals surface area (Å²) in [7, 11) is 0. The van der Waals surface area contributed by atoms with Gasteiger partial charge in [0.15, 0.2) is 0 Å². The summed E-state index contributed by atoms with van der Waals surface area (Å²) in [4.78, 5) is 0. The highest BCUT2D eigenvalue weighted by Gasteiger charge is 2.09. The van der Waals surface area contributed by atoms with Gasteiger partial charge in [-0.05, 0) is 45.0 Å². The van der Waals surface area contributed by atoms with Crippen molar-refractivity contribution in [2.45, 2.75) is 26.9 Å². The number of benzene rings is 1. The van der Waals surface area contributed by atoms with Gasteiger partial charge >= 0.3 is 0 Å². The van der Waals surface area contributed by atoms with Crippen molar-refractivity contribution in [3.63, 3.8) is 0 Å². The lowest BCUT2D eigenvalue weighted by Crippen LogP contribution is -2.00. The van der Waals surface area contributed by atoms with Gasteiger partial charge in [0.1, 0.15) is 12.4 Å². The Hall–Kier alpha value is -0.990. The smallest absolute Gasteiger partial charge is 0.125 e. The molecule has 2 nitrogen and oxygen atoms in total. The van der Waals surface area contributed by atoms with E-state index in [1.54, 1.807) is 25.1 Å². The second-order valence-electron chi connectivity index (χ2n) is 3.95. The third-order valence-corrected chi connectivity index (χ3v) is 2.39. The zero-order chi connectivity index (χ0) is 12.1. The maximum Gasteiger partial charge on any atom is 0.125 e. The zero-order valence-electron chi connectivity index (χ0n) is 9.83. The van der Waals surface area contributed by atoms with Crippen LogP contribution in [0.1, 0.15) is 32.4 Å². The van der Waals surface area contributed by atoms with Crippen LogP contribution in [-0.2, 0) is 0 Å². The van der Waals surface area contributed by atoms with E-state index in [-0.39, 0.29) is 0 Å². The number of halogens is 1. The number of aliphatic hydroxyl groups is 1. The van der Waals surface area contributed by atoms with Crippen molar-refractivity contribution in [2.24, 2.45) is 0 Å². The van der Waals surface area contributed by atoms with E-state index in [9.17, 15) is 5.11 Å². The molecular formula is C13H17ClO2. The van der Waals surface area contributed by atoms with Gasteiger partial charge in [0.05, 0.1) is 6.10 Å². The molecule has 0 heterocycles. The van der Waals surface area contributed by atoms with Gasteiger partial charge in [-0.2, -0.15) is 0 Å². The highest BCUT2D eigenvalue weighted by molar-refractivity contribution is 6.30. The maximum absolute atomic E-state index is 9.58. The average molecular weight is 241 g/mol. The molecule has 1 N–H and O–H groups in total. The minimum Gasteiger partial charge on any atom is -0.489 e. The van der Waals surface area contributed by atoms with Crippen LogP contribution in [0.3, 0.4) is 0 Å². The number of hydrogen-bond donors (Lipinski definition) is 1. The lowest BCUT2D eigenvalue weighted by Gasteiger charge is -2.12. The Morgan fingerprint density at radius 1 is 1.50 bits per heavy atom. The fourth-order valence-electron chi connectivity index (χ4n) is 1.28. The Morgan fingerprint density at radius 3 is 2.75 bits per heavy atom. The van der Waals surface area contributed by atoms with Gasteiger partial charge in [0.25, 0.3) is 0 Å². The molecule has 1 aromatic rings. The molecule has 0 radical (unpaired) electrons. The molecule has 16 heavy (non-hydrogen) atoms. The minimum atomic E-state index is -0.583. The van der Waals surface area contributed by atoms with Gasteiger partial charge in [-0.1, -0.05) is 17.2 Å². The molecule has 0 fully saturated rings. The Balaban J connectivity index is 2.82. The molecular weight excluding hydrogens is 224 g/mol. The Kier molecular flexibility index (Phi) is 4.84. The lowest BCUT2D eigenvalue weighted by atomic mass is 10.1. The predicted molar refractivity (Wildman–Crippen MR) is 67.0 cm³/mol. The summed E-state index contributed by atoms with van der Waals surface area (Å²) in [5.74, 6) is 0.678. The van der Waals surface area contributed by atoms with E-state index >= 15 is 0 Å². The Labute approximate surface area is 102 Å². The molecule has 1 rings (SSSR count). The standard InChI is InChI=1S/C13H17ClO2/c1-9(2)6-7-16-13-5-4-11(14)8-12(13)10(3)15/h4-6,8,10,15H,7H2,1-3H3/t10-/m0/s1. The van der Waals surface area contributed by atoms with Crippen LogP contribution >= 0.6 is 11.6 Å². The largest absolute Gasteiger partial charge is 0.489 e. The third-order valence-electron chi connectivity index (χ3n) is 2.15. The molecule has 0 amide bonds. The van der Waals surface area contributed by atoms with E-state index in [4.69, 9.17) is 16.3 Å². The molecule has 1 aromatic carbocycles. The number of allylic oxidation sites excluding steroid dienone is 1. The second kappa shape index (κ2) is 5.92. The van der Waals surface area contributed by atoms with Crippen LogP contribution in [0, 0.1) is 0 Å². The number of ether oxygens (including phenoxy) is 1. The molecule has 0 aliphatic heterocycles. The number of rotatable bonds is 4. The van der Waals surface area contributed by atoms with Crippen molar-refractivity contribution in [2.75, 3.05) is 6.61 Å². The van der Waals surface area contributed by atoms with Crippen molar-refractivity contribution in [3.05, 3.63) is 40.4 Å². The van der Waals surface area contributed by atoms with Crippen LogP contribution in [-0.4, -0.2) is 11.7 Å². The molecule has 88 valence electrons. The third kappa shape index (κ3) is 3.87. The van der Waals surface area contributed by atoms with Crippen LogP contribution in [0.25, 0.3) is 0 Å². The Morgan fingerprint density at radius 2 is 2.19 bits per heavy atom. The first-order valence-corrected chi connectivity index (χ1v) is 5.62. The van der Waals surface area contributed by atoms with Crippen LogP contribution in [0.5, 0.6) is 5.75 Å². The van der Waals surface area contributed by atoms with Crippen molar-refractivity contribution in [1.82, 2.24) is 0 Å². The van der Waals surface area contributed by atoms with Crippen LogP contribution in [0.2, 0.25) is 5.02 Å². The quantitative estimate of drug-likeness (QED) is 0.813. The highest BCUT2D eigenvalue weighted by atomic mass is 35.5. The van der Waals surface area contributed by atoms with Gasteiger partial charge in [0.2, 0.25) is 0 Å². The van der Waals surface area contributed by atoms with E-state index in [1.807, 2.05) is 19.9 Å². The molecule has 1 atom stereocenters. The van der Waals surface area contributed by atoms with Crippen LogP contribution in [0.15, 0.2) is 29.8 Å². The molecule has 0 saturated carbocycles. The summed E-state index contributed by atoms with van der Waals surface area (Å²) in [5.41, 5.74) is 1.92. The summed E-state index contributed by atoms with van der Waals surface area (Å²) < 4.78 is 5.57. The molecule has 0 saturated heterocycles. The van der Waals surface area contributed by atoms with Gasteiger partial charge in [-0.3, -0.25) is 0 Å². The summed E-state index contributed by atoms with van der Waals surface area (Å²) >= 11 is 5.87. The SMILES string of the molecule is CC(C)=CCOc1ccc(Cl)cc1[C@H](C)O. The molecule has 0 aliphatic rings. The molecule has 0 spiro atoms. The zero-order valence-corrected chi connectivity index (χ0v) is 10.6. The molecule has 3 heteroatoms. The average Bonchev–Trinajstić information content (AvgIpc) is 2.19. The van der Waals surface area contributed by atoms with Crippen molar-refractivity contribution in [1.29, 1.82) is 0 Å². The Bertz CT molecular complexity index is 380. The summed E-state index contributed by atoms with van der Waals surface area (Å²) in [5, 5.41) is 10.2. The molecule has 0 bridgehead atoms. The topological polar surface area (TPSA) is 29.5 Å². The van der Waals surface area contributed by atoms with E-state index in [0.29, 0.717) is 17.4 Å². The monoisotopic (exact) mass is 240 g/mol. The molecule has 0 aromatic heterocycles. The number of aliphatic hydroxyl groups excluding tert-OH is 1. The van der Waals surface area contributed by atoms with Gasteiger partial charge in [-0.15, -0.1) is 0 Å². The number of hydrogen-bond acceptors (Lipinski definition) is 2. The van der Waals surface area contributed by atoms with Crippen molar-refractivity contribution >= 4 is 11.6 Å². The normalized spacial score (nSPS) is 12.1. The van der Waals surface area contributed by atoms with E-state index < -0.39 is 6.10 Å². The lowest BCUT2D eigenvalue weighted by molar-refractivity contribution is 0.193. The van der Waals surface area contributed by atoms with Crippen molar-refractivity contribution in [3.8, 4) is 5.75 Å². The second-order valence-corrected chi connectivity index (χ2v) is 4.39. The highest BCUT2D eigenvalue weighted by Crippen LogP contribution is 2.28. The summed E-state index contributed by atoms with van der Waals surface area (Å²) in [6, 6.07) is 5.26. The first kappa shape index (κ1) is 13.1. The van der Waals surface area contributed by atoms with Crippen LogP contribution < -0.4 is 4.74 Å². The fourth-order valence-corrected chi connectivity index (χ4v) is 1.46. The van der Waals surface area contributed by atoms with Gasteiger partial charge in [0, 0.05) is 10.6 Å². The summed E-state index contributed by atoms with van der Waals surface area (Å²) in [6.45, 7) is 6.23. The predicted octanol–water partition coefficient (Wildman–Crippen LogP) is 3.74. The molecule has 0 aliphatic carbocycles. The van der Waals surface area contributed by atoms with E-state index in [2.05, 4.69) is 0 Å². The molecule has 0 unspecified atom stereocenters. The first-order valence-electron chi connectivity index (χ1n) is 5.24. The van der Waals surface area contributed by atoms with E-state index in [0.717, 1.165) is 5.56 Å². The van der Waals surface area contributed by atoms with Gasteiger partial charge < -0.3 is 9.84 Å². The summed E-state index contributed by atoms with van der Waals surface area (Å²) in [6.07, 6.45) is 1.40. The fraction of sp³-hybridized carbons (Fsp3) is 0.385.